The number of carbonyl (C=O) groups is 2. The number of Topliss-reactive ketones (excluding diaryl/α,β-unsaturated/α-hetero) is 1. The first-order chi connectivity index (χ1) is 14.0. The highest BCUT2D eigenvalue weighted by Crippen LogP contribution is 2.34. The molecule has 0 heterocycles. The van der Waals surface area contributed by atoms with Crippen molar-refractivity contribution < 1.29 is 19.1 Å². The topological polar surface area (TPSA) is 76.4 Å². The summed E-state index contributed by atoms with van der Waals surface area (Å²) in [5, 5.41) is 9.49. The van der Waals surface area contributed by atoms with Crippen LogP contribution in [0.2, 0.25) is 0 Å². The molecule has 1 saturated carbocycles. The maximum atomic E-state index is 12.7. The van der Waals surface area contributed by atoms with E-state index in [1.54, 1.807) is 30.3 Å². The molecule has 2 aromatic carbocycles. The highest BCUT2D eigenvalue weighted by molar-refractivity contribution is 6.14. The lowest BCUT2D eigenvalue weighted by atomic mass is 9.99. The summed E-state index contributed by atoms with van der Waals surface area (Å²) in [7, 11) is 1.48. The summed E-state index contributed by atoms with van der Waals surface area (Å²) >= 11 is 0. The fraction of sp³-hybridized carbons (Fsp3) is 0.292. The van der Waals surface area contributed by atoms with Gasteiger partial charge in [0.1, 0.15) is 11.6 Å². The highest BCUT2D eigenvalue weighted by atomic mass is 16.6. The van der Waals surface area contributed by atoms with Gasteiger partial charge >= 0.3 is 5.97 Å². The van der Waals surface area contributed by atoms with Crippen molar-refractivity contribution in [3.8, 4) is 17.6 Å². The van der Waals surface area contributed by atoms with Crippen LogP contribution in [-0.2, 0) is 11.2 Å². The number of carbonyl (C=O) groups excluding carboxylic acids is 2. The smallest absolute Gasteiger partial charge is 0.314 e. The maximum absolute atomic E-state index is 12.7. The predicted octanol–water partition coefficient (Wildman–Crippen LogP) is 4.75. The van der Waals surface area contributed by atoms with E-state index in [1.165, 1.54) is 13.2 Å². The Morgan fingerprint density at radius 2 is 1.86 bits per heavy atom. The molecule has 0 amide bonds. The molecule has 148 valence electrons. The standard InChI is InChI=1S/C24H23NO4/c1-3-4-16-5-8-18(9-6-16)23(26)20(15-25)13-17-7-12-21(22(14-17)28-2)29-24(27)19-10-11-19/h5-9,12-14,19H,3-4,10-11H2,1-2H3/b20-13+. The zero-order chi connectivity index (χ0) is 20.8. The lowest BCUT2D eigenvalue weighted by molar-refractivity contribution is -0.135. The monoisotopic (exact) mass is 389 g/mol. The van der Waals surface area contributed by atoms with E-state index in [0.717, 1.165) is 31.2 Å². The minimum atomic E-state index is -0.334. The number of ketones is 1. The maximum Gasteiger partial charge on any atom is 0.314 e. The van der Waals surface area contributed by atoms with Crippen LogP contribution in [0.3, 0.4) is 0 Å². The number of nitrogens with zero attached hydrogens (tertiary/aromatic N) is 1. The summed E-state index contributed by atoms with van der Waals surface area (Å²) in [4.78, 5) is 24.6. The normalized spacial score (nSPS) is 13.5. The van der Waals surface area contributed by atoms with Gasteiger partial charge < -0.3 is 9.47 Å². The molecule has 0 radical (unpaired) electrons. The van der Waals surface area contributed by atoms with Crippen LogP contribution in [0.15, 0.2) is 48.0 Å². The van der Waals surface area contributed by atoms with Gasteiger partial charge in [-0.25, -0.2) is 0 Å². The second-order valence-electron chi connectivity index (χ2n) is 7.05. The van der Waals surface area contributed by atoms with Gasteiger partial charge in [-0.15, -0.1) is 0 Å². The van der Waals surface area contributed by atoms with Crippen LogP contribution in [-0.4, -0.2) is 18.9 Å². The van der Waals surface area contributed by atoms with Gasteiger partial charge in [-0.2, -0.15) is 5.26 Å². The molecular weight excluding hydrogens is 366 g/mol. The zero-order valence-corrected chi connectivity index (χ0v) is 16.6. The number of hydrogen-bond acceptors (Lipinski definition) is 5. The SMILES string of the molecule is CCCc1ccc(C(=O)/C(C#N)=C/c2ccc(OC(=O)C3CC3)c(OC)c2)cc1. The molecule has 1 aliphatic carbocycles. The van der Waals surface area contributed by atoms with Crippen molar-refractivity contribution in [2.75, 3.05) is 7.11 Å². The molecule has 1 fully saturated rings. The third-order valence-corrected chi connectivity index (χ3v) is 4.74. The number of ether oxygens (including phenoxy) is 2. The Balaban J connectivity index is 1.81. The highest BCUT2D eigenvalue weighted by Gasteiger charge is 2.32. The van der Waals surface area contributed by atoms with E-state index in [4.69, 9.17) is 9.47 Å². The Kier molecular flexibility index (Phi) is 6.46. The number of nitriles is 1. The van der Waals surface area contributed by atoms with Crippen molar-refractivity contribution in [1.82, 2.24) is 0 Å². The number of esters is 1. The lowest BCUT2D eigenvalue weighted by Crippen LogP contribution is -2.10. The van der Waals surface area contributed by atoms with Crippen LogP contribution in [0.5, 0.6) is 11.5 Å². The Labute approximate surface area is 170 Å². The Morgan fingerprint density at radius 1 is 1.14 bits per heavy atom. The molecule has 0 N–H and O–H groups in total. The van der Waals surface area contributed by atoms with Crippen molar-refractivity contribution in [1.29, 1.82) is 5.26 Å². The summed E-state index contributed by atoms with van der Waals surface area (Å²) in [6.07, 6.45) is 5.21. The van der Waals surface area contributed by atoms with Gasteiger partial charge in [0.25, 0.3) is 0 Å². The molecule has 0 atom stereocenters. The van der Waals surface area contributed by atoms with Crippen LogP contribution < -0.4 is 9.47 Å². The van der Waals surface area contributed by atoms with Crippen molar-refractivity contribution in [2.24, 2.45) is 5.92 Å². The van der Waals surface area contributed by atoms with Gasteiger partial charge in [-0.3, -0.25) is 9.59 Å². The van der Waals surface area contributed by atoms with Gasteiger partial charge in [-0.1, -0.05) is 43.7 Å². The average Bonchev–Trinajstić information content (AvgIpc) is 3.58. The lowest BCUT2D eigenvalue weighted by Gasteiger charge is -2.10. The molecule has 0 unspecified atom stereocenters. The predicted molar refractivity (Wildman–Crippen MR) is 110 cm³/mol. The molecular formula is C24H23NO4. The van der Waals surface area contributed by atoms with Crippen LogP contribution >= 0.6 is 0 Å². The summed E-state index contributed by atoms with van der Waals surface area (Å²) in [6, 6.07) is 14.3. The molecule has 0 spiro atoms. The second kappa shape index (κ2) is 9.20. The minimum absolute atomic E-state index is 0.0224. The second-order valence-corrected chi connectivity index (χ2v) is 7.05. The van der Waals surface area contributed by atoms with E-state index in [2.05, 4.69) is 6.92 Å². The minimum Gasteiger partial charge on any atom is -0.493 e. The molecule has 0 saturated heterocycles. The van der Waals surface area contributed by atoms with E-state index in [1.807, 2.05) is 18.2 Å². The van der Waals surface area contributed by atoms with E-state index in [0.29, 0.717) is 22.6 Å². The Morgan fingerprint density at radius 3 is 2.45 bits per heavy atom. The molecule has 29 heavy (non-hydrogen) atoms. The van der Waals surface area contributed by atoms with E-state index in [-0.39, 0.29) is 23.2 Å². The number of methoxy groups -OCH3 is 1. The van der Waals surface area contributed by atoms with Crippen molar-refractivity contribution in [3.63, 3.8) is 0 Å². The number of hydrogen-bond donors (Lipinski definition) is 0. The molecule has 5 heteroatoms. The first-order valence-electron chi connectivity index (χ1n) is 9.71. The zero-order valence-electron chi connectivity index (χ0n) is 16.6. The quantitative estimate of drug-likeness (QED) is 0.214. The first-order valence-corrected chi connectivity index (χ1v) is 9.71. The number of aryl methyl sites for hydroxylation is 1. The number of allylic oxidation sites excluding steroid dienone is 1. The van der Waals surface area contributed by atoms with E-state index in [9.17, 15) is 14.9 Å². The van der Waals surface area contributed by atoms with Crippen molar-refractivity contribution in [3.05, 3.63) is 64.7 Å². The van der Waals surface area contributed by atoms with Crippen molar-refractivity contribution in [2.45, 2.75) is 32.6 Å². The van der Waals surface area contributed by atoms with Gasteiger partial charge in [-0.05, 0) is 48.6 Å². The molecule has 5 nitrogen and oxygen atoms in total. The van der Waals surface area contributed by atoms with Gasteiger partial charge in [0.05, 0.1) is 13.0 Å². The van der Waals surface area contributed by atoms with Gasteiger partial charge in [0, 0.05) is 5.56 Å². The Bertz CT molecular complexity index is 979. The Hall–Kier alpha value is -3.39. The summed E-state index contributed by atoms with van der Waals surface area (Å²) in [5.74, 6) is 0.0925. The van der Waals surface area contributed by atoms with Crippen LogP contribution in [0.25, 0.3) is 6.08 Å². The summed E-state index contributed by atoms with van der Waals surface area (Å²) < 4.78 is 10.7. The number of benzene rings is 2. The molecule has 0 aromatic heterocycles. The van der Waals surface area contributed by atoms with Gasteiger partial charge in [0.2, 0.25) is 5.78 Å². The van der Waals surface area contributed by atoms with Crippen molar-refractivity contribution >= 4 is 17.8 Å². The molecule has 2 aromatic rings. The first kappa shape index (κ1) is 20.3. The molecule has 3 rings (SSSR count). The number of rotatable bonds is 8. The average molecular weight is 389 g/mol. The van der Waals surface area contributed by atoms with E-state index < -0.39 is 0 Å². The van der Waals surface area contributed by atoms with Gasteiger partial charge in [0.15, 0.2) is 11.5 Å². The molecule has 0 aliphatic heterocycles. The van der Waals surface area contributed by atoms with Crippen LogP contribution in [0.1, 0.15) is 47.7 Å². The molecule has 1 aliphatic rings. The largest absolute Gasteiger partial charge is 0.493 e. The fourth-order valence-electron chi connectivity index (χ4n) is 2.95. The van der Waals surface area contributed by atoms with Crippen LogP contribution in [0, 0.1) is 17.2 Å². The van der Waals surface area contributed by atoms with Crippen LogP contribution in [0.4, 0.5) is 0 Å². The third-order valence-electron chi connectivity index (χ3n) is 4.74. The van der Waals surface area contributed by atoms with E-state index >= 15 is 0 Å². The summed E-state index contributed by atoms with van der Waals surface area (Å²) in [5.41, 5.74) is 2.27. The fourth-order valence-corrected chi connectivity index (χ4v) is 2.95. The molecule has 0 bridgehead atoms. The third kappa shape index (κ3) is 5.11. The summed E-state index contributed by atoms with van der Waals surface area (Å²) in [6.45, 7) is 2.10.